The van der Waals surface area contributed by atoms with E-state index in [9.17, 15) is 0 Å². The Morgan fingerprint density at radius 3 is 2.30 bits per heavy atom. The van der Waals surface area contributed by atoms with Gasteiger partial charge in [0, 0.05) is 93.6 Å². The molecule has 0 spiro atoms. The molecule has 0 radical (unpaired) electrons. The normalized spacial score (nSPS) is 17.5. The molecule has 1 unspecified atom stereocenters. The van der Waals surface area contributed by atoms with E-state index in [4.69, 9.17) is 24.2 Å². The van der Waals surface area contributed by atoms with Gasteiger partial charge in [0.15, 0.2) is 5.75 Å². The Balaban J connectivity index is 1.11. The number of likely N-dealkylation sites (tertiary alicyclic amines) is 2. The fourth-order valence-corrected chi connectivity index (χ4v) is 7.07. The molecule has 284 valence electrons. The second-order valence-corrected chi connectivity index (χ2v) is 13.8. The molecule has 2 fully saturated rings. The maximum Gasteiger partial charge on any atom is 0.256 e. The standard InChI is InChI=1S/C38H54N12O3/c1-25-15-34(39-2)47-37(43-25)46-31-18-33(36(52-6)42-21-31)53-24-28-23-49(4)22-27(28)17-30-19-35(40-3)48-38(45-30)44-29-9-10-32(51-5)26(16-29)20-41-11-14-50-12-7-8-13-50/h9-10,15-16,18-19,21,27-28,41H,7-8,11-14,17,20,22-24H2,1-6H3,(H2,39,43,46,47)(H2,40,44,45,48)/t27?,28-/m1/s1. The van der Waals surface area contributed by atoms with Gasteiger partial charge in [0.25, 0.3) is 5.88 Å². The summed E-state index contributed by atoms with van der Waals surface area (Å²) in [6, 6.07) is 11.9. The first-order chi connectivity index (χ1) is 25.8. The van der Waals surface area contributed by atoms with Gasteiger partial charge in [0.05, 0.1) is 32.7 Å². The number of aromatic nitrogens is 5. The topological polar surface area (TPSA) is 159 Å². The smallest absolute Gasteiger partial charge is 0.256 e. The van der Waals surface area contributed by atoms with E-state index in [1.165, 1.54) is 25.9 Å². The zero-order valence-corrected chi connectivity index (χ0v) is 31.8. The third-order valence-electron chi connectivity index (χ3n) is 9.75. The number of ether oxygens (including phenoxy) is 3. The SMILES string of the molecule is CNc1cc(C)nc(Nc2cnc(OC)c(OC[C@H]3CN(C)CC3Cc3cc(NC)nc(Nc4ccc(OC)c(CNCCN5CCCC5)c4)n3)c2)n1. The van der Waals surface area contributed by atoms with Gasteiger partial charge in [-0.25, -0.2) is 15.0 Å². The summed E-state index contributed by atoms with van der Waals surface area (Å²) in [4.78, 5) is 28.0. The first kappa shape index (κ1) is 37.8. The molecule has 4 aromatic rings. The van der Waals surface area contributed by atoms with Crippen molar-refractivity contribution in [1.29, 1.82) is 0 Å². The van der Waals surface area contributed by atoms with E-state index < -0.39 is 0 Å². The fraction of sp³-hybridized carbons (Fsp3) is 0.500. The lowest BCUT2D eigenvalue weighted by Gasteiger charge is -2.20. The number of nitrogens with one attached hydrogen (secondary N) is 5. The molecule has 3 aromatic heterocycles. The summed E-state index contributed by atoms with van der Waals surface area (Å²) in [5.74, 6) is 4.90. The minimum atomic E-state index is 0.256. The molecule has 5 heterocycles. The number of hydrogen-bond donors (Lipinski definition) is 5. The molecule has 0 saturated carbocycles. The molecule has 2 aliphatic rings. The zero-order valence-electron chi connectivity index (χ0n) is 31.8. The van der Waals surface area contributed by atoms with Gasteiger partial charge in [0.2, 0.25) is 11.9 Å². The Morgan fingerprint density at radius 1 is 0.811 bits per heavy atom. The molecule has 15 nitrogen and oxygen atoms in total. The highest BCUT2D eigenvalue weighted by molar-refractivity contribution is 5.59. The molecule has 6 rings (SSSR count). The molecule has 53 heavy (non-hydrogen) atoms. The van der Waals surface area contributed by atoms with Gasteiger partial charge in [0.1, 0.15) is 17.4 Å². The van der Waals surface area contributed by atoms with Crippen molar-refractivity contribution in [3.8, 4) is 17.4 Å². The summed E-state index contributed by atoms with van der Waals surface area (Å²) in [5, 5.41) is 16.6. The van der Waals surface area contributed by atoms with Crippen LogP contribution in [-0.4, -0.2) is 116 Å². The molecule has 2 atom stereocenters. The van der Waals surface area contributed by atoms with Crippen molar-refractivity contribution in [3.63, 3.8) is 0 Å². The summed E-state index contributed by atoms with van der Waals surface area (Å²) in [6.07, 6.45) is 5.06. The van der Waals surface area contributed by atoms with E-state index in [1.807, 2.05) is 51.4 Å². The highest BCUT2D eigenvalue weighted by atomic mass is 16.5. The summed E-state index contributed by atoms with van der Waals surface area (Å²) in [5.41, 5.74) is 4.49. The number of hydrogen-bond acceptors (Lipinski definition) is 15. The molecule has 5 N–H and O–H groups in total. The maximum absolute atomic E-state index is 6.43. The second kappa shape index (κ2) is 18.2. The molecule has 0 aliphatic carbocycles. The predicted molar refractivity (Wildman–Crippen MR) is 209 cm³/mol. The van der Waals surface area contributed by atoms with Gasteiger partial charge in [-0.15, -0.1) is 0 Å². The van der Waals surface area contributed by atoms with Crippen LogP contribution in [0, 0.1) is 18.8 Å². The van der Waals surface area contributed by atoms with Crippen LogP contribution < -0.4 is 40.8 Å². The fourth-order valence-electron chi connectivity index (χ4n) is 7.07. The van der Waals surface area contributed by atoms with Gasteiger partial charge >= 0.3 is 0 Å². The lowest BCUT2D eigenvalue weighted by molar-refractivity contribution is 0.212. The quantitative estimate of drug-likeness (QED) is 0.0910. The van der Waals surface area contributed by atoms with Crippen LogP contribution in [0.3, 0.4) is 0 Å². The second-order valence-electron chi connectivity index (χ2n) is 13.8. The van der Waals surface area contributed by atoms with Gasteiger partial charge < -0.3 is 50.6 Å². The monoisotopic (exact) mass is 726 g/mol. The highest BCUT2D eigenvalue weighted by Crippen LogP contribution is 2.32. The van der Waals surface area contributed by atoms with E-state index in [1.54, 1.807) is 20.4 Å². The van der Waals surface area contributed by atoms with Crippen molar-refractivity contribution in [3.05, 3.63) is 59.5 Å². The molecule has 2 aliphatic heterocycles. The first-order valence-electron chi connectivity index (χ1n) is 18.4. The van der Waals surface area contributed by atoms with Crippen molar-refractivity contribution in [2.24, 2.45) is 11.8 Å². The van der Waals surface area contributed by atoms with Crippen molar-refractivity contribution in [2.45, 2.75) is 32.7 Å². The van der Waals surface area contributed by atoms with Crippen molar-refractivity contribution < 1.29 is 14.2 Å². The van der Waals surface area contributed by atoms with Gasteiger partial charge in [-0.1, -0.05) is 0 Å². The molecule has 15 heteroatoms. The molecule has 0 bridgehead atoms. The van der Waals surface area contributed by atoms with Gasteiger partial charge in [-0.3, -0.25) is 0 Å². The number of anilines is 6. The van der Waals surface area contributed by atoms with E-state index in [0.717, 1.165) is 79.2 Å². The average Bonchev–Trinajstić information content (AvgIpc) is 3.81. The Hall–Kier alpha value is -4.99. The van der Waals surface area contributed by atoms with Crippen molar-refractivity contribution >= 4 is 34.9 Å². The van der Waals surface area contributed by atoms with Crippen LogP contribution >= 0.6 is 0 Å². The molecule has 2 saturated heterocycles. The van der Waals surface area contributed by atoms with Crippen LogP contribution in [-0.2, 0) is 13.0 Å². The van der Waals surface area contributed by atoms with Gasteiger partial charge in [-0.2, -0.15) is 9.97 Å². The minimum Gasteiger partial charge on any atom is -0.496 e. The zero-order chi connectivity index (χ0) is 37.2. The number of benzene rings is 1. The van der Waals surface area contributed by atoms with E-state index >= 15 is 0 Å². The number of pyridine rings is 1. The molecule has 1 aromatic carbocycles. The number of nitrogens with zero attached hydrogens (tertiary/aromatic N) is 7. The van der Waals surface area contributed by atoms with Crippen LogP contribution in [0.2, 0.25) is 0 Å². The Labute approximate surface area is 312 Å². The third kappa shape index (κ3) is 10.3. The van der Waals surface area contributed by atoms with Crippen molar-refractivity contribution in [2.75, 3.05) is 103 Å². The molecule has 0 amide bonds. The van der Waals surface area contributed by atoms with Gasteiger partial charge in [-0.05, 0) is 70.4 Å². The highest BCUT2D eigenvalue weighted by Gasteiger charge is 2.32. The van der Waals surface area contributed by atoms with Crippen LogP contribution in [0.15, 0.2) is 42.6 Å². The summed E-state index contributed by atoms with van der Waals surface area (Å²) < 4.78 is 17.7. The summed E-state index contributed by atoms with van der Waals surface area (Å²) in [7, 11) is 9.16. The number of methoxy groups -OCH3 is 2. The molecular formula is C38H54N12O3. The largest absolute Gasteiger partial charge is 0.496 e. The van der Waals surface area contributed by atoms with Crippen molar-refractivity contribution in [1.82, 2.24) is 40.0 Å². The van der Waals surface area contributed by atoms with E-state index in [-0.39, 0.29) is 5.92 Å². The Kier molecular flexibility index (Phi) is 12.9. The lowest BCUT2D eigenvalue weighted by atomic mass is 9.92. The number of rotatable bonds is 18. The third-order valence-corrected chi connectivity index (χ3v) is 9.75. The van der Waals surface area contributed by atoms with E-state index in [2.05, 4.69) is 64.4 Å². The van der Waals surface area contributed by atoms with E-state index in [0.29, 0.717) is 41.7 Å². The van der Waals surface area contributed by atoms with Crippen LogP contribution in [0.4, 0.5) is 34.9 Å². The maximum atomic E-state index is 6.43. The van der Waals surface area contributed by atoms with Crippen LogP contribution in [0.5, 0.6) is 17.4 Å². The van der Waals surface area contributed by atoms with Crippen LogP contribution in [0.1, 0.15) is 29.8 Å². The Morgan fingerprint density at radius 2 is 1.55 bits per heavy atom. The summed E-state index contributed by atoms with van der Waals surface area (Å²) >= 11 is 0. The number of aryl methyl sites for hydroxylation is 1. The first-order valence-corrected chi connectivity index (χ1v) is 18.4. The van der Waals surface area contributed by atoms with Crippen LogP contribution in [0.25, 0.3) is 0 Å². The lowest BCUT2D eigenvalue weighted by Crippen LogP contribution is -2.29. The minimum absolute atomic E-state index is 0.256. The molecular weight excluding hydrogens is 672 g/mol. The Bertz CT molecular complexity index is 1800. The predicted octanol–water partition coefficient (Wildman–Crippen LogP) is 4.54. The average molecular weight is 727 g/mol. The summed E-state index contributed by atoms with van der Waals surface area (Å²) in [6.45, 7) is 9.38.